The van der Waals surface area contributed by atoms with Gasteiger partial charge < -0.3 is 4.90 Å². The fourth-order valence-corrected chi connectivity index (χ4v) is 6.01. The van der Waals surface area contributed by atoms with Crippen LogP contribution in [0, 0.1) is 5.92 Å². The van der Waals surface area contributed by atoms with Gasteiger partial charge in [-0.05, 0) is 30.9 Å². The Kier molecular flexibility index (Phi) is 4.55. The first-order chi connectivity index (χ1) is 11.6. The normalized spacial score (nSPS) is 21.7. The van der Waals surface area contributed by atoms with E-state index in [4.69, 9.17) is 0 Å². The van der Waals surface area contributed by atoms with Gasteiger partial charge in [0.15, 0.2) is 0 Å². The van der Waals surface area contributed by atoms with E-state index in [2.05, 4.69) is 13.6 Å². The number of nitrogens with zero attached hydrogens (tertiary/aromatic N) is 4. The quantitative estimate of drug-likeness (QED) is 0.830. The van der Waals surface area contributed by atoms with Gasteiger partial charge in [0, 0.05) is 32.7 Å². The van der Waals surface area contributed by atoms with Gasteiger partial charge in [-0.25, -0.2) is 8.42 Å². The third kappa shape index (κ3) is 3.08. The molecule has 1 aromatic heterocycles. The van der Waals surface area contributed by atoms with Gasteiger partial charge in [0.25, 0.3) is 0 Å². The van der Waals surface area contributed by atoms with Crippen molar-refractivity contribution in [3.05, 3.63) is 18.2 Å². The summed E-state index contributed by atoms with van der Waals surface area (Å²) in [5.74, 6) is 0.808. The maximum absolute atomic E-state index is 13.0. The van der Waals surface area contributed by atoms with E-state index < -0.39 is 10.0 Å². The lowest BCUT2D eigenvalue weighted by atomic mass is 10.1. The lowest BCUT2D eigenvalue weighted by Gasteiger charge is -2.35. The average molecular weight is 367 g/mol. The molecule has 4 rings (SSSR count). The summed E-state index contributed by atoms with van der Waals surface area (Å²) in [5.41, 5.74) is 1.15. The Morgan fingerprint density at radius 1 is 1.08 bits per heavy atom. The third-order valence-electron chi connectivity index (χ3n) is 5.19. The zero-order valence-electron chi connectivity index (χ0n) is 13.6. The average Bonchev–Trinajstić information content (AvgIpc) is 3.26. The molecular weight excluding hydrogens is 344 g/mol. The van der Waals surface area contributed by atoms with Crippen LogP contribution in [0.3, 0.4) is 0 Å². The van der Waals surface area contributed by atoms with E-state index in [1.165, 1.54) is 25.7 Å². The number of aromatic nitrogens is 2. The van der Waals surface area contributed by atoms with Crippen molar-refractivity contribution < 1.29 is 8.42 Å². The highest BCUT2D eigenvalue weighted by molar-refractivity contribution is 7.89. The van der Waals surface area contributed by atoms with E-state index in [9.17, 15) is 8.42 Å². The summed E-state index contributed by atoms with van der Waals surface area (Å²) in [6, 6.07) is 5.19. The van der Waals surface area contributed by atoms with E-state index in [0.717, 1.165) is 37.3 Å². The SMILES string of the molecule is O=S(=O)(c1cccc2nsnc12)N1CCN(CC2CCCC2)CC1. The molecule has 6 nitrogen and oxygen atoms in total. The molecule has 2 aliphatic rings. The Bertz CT molecular complexity index is 806. The van der Waals surface area contributed by atoms with E-state index in [0.29, 0.717) is 24.1 Å². The highest BCUT2D eigenvalue weighted by Gasteiger charge is 2.31. The van der Waals surface area contributed by atoms with Crippen molar-refractivity contribution in [2.24, 2.45) is 5.92 Å². The Balaban J connectivity index is 1.47. The molecule has 1 aliphatic carbocycles. The van der Waals surface area contributed by atoms with E-state index in [1.807, 2.05) is 0 Å². The zero-order valence-corrected chi connectivity index (χ0v) is 15.2. The van der Waals surface area contributed by atoms with Crippen molar-refractivity contribution in [2.75, 3.05) is 32.7 Å². The number of hydrogen-bond donors (Lipinski definition) is 0. The van der Waals surface area contributed by atoms with Crippen LogP contribution in [-0.2, 0) is 10.0 Å². The minimum atomic E-state index is -3.50. The monoisotopic (exact) mass is 366 g/mol. The highest BCUT2D eigenvalue weighted by Crippen LogP contribution is 2.27. The summed E-state index contributed by atoms with van der Waals surface area (Å²) >= 11 is 1.06. The van der Waals surface area contributed by atoms with Gasteiger partial charge in [-0.15, -0.1) is 0 Å². The lowest BCUT2D eigenvalue weighted by Crippen LogP contribution is -2.49. The summed E-state index contributed by atoms with van der Waals surface area (Å²) in [5, 5.41) is 0. The molecule has 130 valence electrons. The van der Waals surface area contributed by atoms with Crippen LogP contribution in [0.2, 0.25) is 0 Å². The number of hydrogen-bond acceptors (Lipinski definition) is 6. The fourth-order valence-electron chi connectivity index (χ4n) is 3.84. The van der Waals surface area contributed by atoms with Crippen molar-refractivity contribution in [3.8, 4) is 0 Å². The zero-order chi connectivity index (χ0) is 16.6. The molecule has 0 spiro atoms. The van der Waals surface area contributed by atoms with Gasteiger partial charge in [0.1, 0.15) is 15.9 Å². The van der Waals surface area contributed by atoms with Crippen LogP contribution >= 0.6 is 11.7 Å². The third-order valence-corrected chi connectivity index (χ3v) is 7.66. The van der Waals surface area contributed by atoms with Crippen molar-refractivity contribution in [1.29, 1.82) is 0 Å². The molecule has 0 atom stereocenters. The minimum absolute atomic E-state index is 0.290. The first-order valence-electron chi connectivity index (χ1n) is 8.58. The van der Waals surface area contributed by atoms with Crippen LogP contribution in [0.25, 0.3) is 11.0 Å². The molecule has 2 heterocycles. The molecule has 0 radical (unpaired) electrons. The molecule has 8 heteroatoms. The number of sulfonamides is 1. The smallest absolute Gasteiger partial charge is 0.245 e. The standard InChI is InChI=1S/C16H22N4O2S2/c21-24(22,15-7-3-6-14-16(15)18-23-17-14)20-10-8-19(9-11-20)12-13-4-1-2-5-13/h3,6-7,13H,1-2,4-5,8-12H2. The summed E-state index contributed by atoms with van der Waals surface area (Å²) in [7, 11) is -3.50. The molecule has 1 aromatic carbocycles. The van der Waals surface area contributed by atoms with E-state index in [1.54, 1.807) is 22.5 Å². The molecule has 2 fully saturated rings. The topological polar surface area (TPSA) is 66.4 Å². The van der Waals surface area contributed by atoms with Gasteiger partial charge in [-0.1, -0.05) is 18.9 Å². The predicted molar refractivity (Wildman–Crippen MR) is 94.6 cm³/mol. The van der Waals surface area contributed by atoms with E-state index in [-0.39, 0.29) is 4.90 Å². The molecule has 2 aromatic rings. The van der Waals surface area contributed by atoms with Crippen LogP contribution in [0.15, 0.2) is 23.1 Å². The first kappa shape index (κ1) is 16.4. The van der Waals surface area contributed by atoms with Crippen molar-refractivity contribution >= 4 is 32.8 Å². The molecule has 0 amide bonds. The van der Waals surface area contributed by atoms with Crippen LogP contribution in [-0.4, -0.2) is 59.1 Å². The van der Waals surface area contributed by atoms with Gasteiger partial charge in [0.2, 0.25) is 10.0 Å². The number of benzene rings is 1. The molecule has 1 aliphatic heterocycles. The second kappa shape index (κ2) is 6.67. The summed E-state index contributed by atoms with van der Waals surface area (Å²) in [6.07, 6.45) is 5.37. The van der Waals surface area contributed by atoms with Crippen molar-refractivity contribution in [3.63, 3.8) is 0 Å². The maximum Gasteiger partial charge on any atom is 0.245 e. The molecule has 24 heavy (non-hydrogen) atoms. The predicted octanol–water partition coefficient (Wildman–Crippen LogP) is 2.19. The number of piperazine rings is 1. The van der Waals surface area contributed by atoms with Crippen molar-refractivity contribution in [2.45, 2.75) is 30.6 Å². The van der Waals surface area contributed by atoms with Crippen LogP contribution < -0.4 is 0 Å². The largest absolute Gasteiger partial charge is 0.300 e. The van der Waals surface area contributed by atoms with Gasteiger partial charge in [-0.3, -0.25) is 0 Å². The minimum Gasteiger partial charge on any atom is -0.300 e. The van der Waals surface area contributed by atoms with Crippen molar-refractivity contribution in [1.82, 2.24) is 18.0 Å². The number of rotatable bonds is 4. The van der Waals surface area contributed by atoms with Gasteiger partial charge in [-0.2, -0.15) is 13.1 Å². The van der Waals surface area contributed by atoms with E-state index >= 15 is 0 Å². The molecule has 0 N–H and O–H groups in total. The Hall–Kier alpha value is -1.09. The Morgan fingerprint density at radius 2 is 1.83 bits per heavy atom. The van der Waals surface area contributed by atoms with Crippen LogP contribution in [0.1, 0.15) is 25.7 Å². The fraction of sp³-hybridized carbons (Fsp3) is 0.625. The summed E-state index contributed by atoms with van der Waals surface area (Å²) in [6.45, 7) is 3.88. The highest BCUT2D eigenvalue weighted by atomic mass is 32.2. The molecule has 0 unspecified atom stereocenters. The number of fused-ring (bicyclic) bond motifs is 1. The molecule has 0 bridgehead atoms. The first-order valence-corrected chi connectivity index (χ1v) is 10.8. The molecular formula is C16H22N4O2S2. The maximum atomic E-state index is 13.0. The molecule has 1 saturated carbocycles. The summed E-state index contributed by atoms with van der Waals surface area (Å²) in [4.78, 5) is 2.71. The Morgan fingerprint density at radius 3 is 2.58 bits per heavy atom. The van der Waals surface area contributed by atoms with Crippen LogP contribution in [0.4, 0.5) is 0 Å². The van der Waals surface area contributed by atoms with Gasteiger partial charge in [0.05, 0.1) is 11.7 Å². The lowest BCUT2D eigenvalue weighted by molar-refractivity contribution is 0.165. The summed E-state index contributed by atoms with van der Waals surface area (Å²) < 4.78 is 35.9. The molecule has 1 saturated heterocycles. The second-order valence-electron chi connectivity index (χ2n) is 6.74. The Labute approximate surface area is 146 Å². The second-order valence-corrected chi connectivity index (χ2v) is 9.18. The van der Waals surface area contributed by atoms with Gasteiger partial charge >= 0.3 is 0 Å². The van der Waals surface area contributed by atoms with Crippen LogP contribution in [0.5, 0.6) is 0 Å².